The molecule has 0 radical (unpaired) electrons. The van der Waals surface area contributed by atoms with Crippen LogP contribution >= 0.6 is 11.3 Å². The summed E-state index contributed by atoms with van der Waals surface area (Å²) in [4.78, 5) is 19.4. The second-order valence-corrected chi connectivity index (χ2v) is 5.95. The molecule has 1 aliphatic heterocycles. The molecule has 1 fully saturated rings. The van der Waals surface area contributed by atoms with E-state index in [4.69, 9.17) is 5.11 Å². The van der Waals surface area contributed by atoms with E-state index in [2.05, 4.69) is 25.0 Å². The predicted molar refractivity (Wildman–Crippen MR) is 80.3 cm³/mol. The second-order valence-electron chi connectivity index (χ2n) is 4.79. The summed E-state index contributed by atoms with van der Waals surface area (Å²) < 4.78 is 0. The largest absolute Gasteiger partial charge is 0.478 e. The Morgan fingerprint density at radius 1 is 1.19 bits per heavy atom. The zero-order valence-electron chi connectivity index (χ0n) is 11.6. The average molecular weight is 305 g/mol. The maximum absolute atomic E-state index is 10.8. The maximum atomic E-state index is 10.8. The van der Waals surface area contributed by atoms with Gasteiger partial charge in [-0.05, 0) is 19.1 Å². The van der Waals surface area contributed by atoms with Gasteiger partial charge in [0.1, 0.15) is 10.8 Å². The lowest BCUT2D eigenvalue weighted by molar-refractivity contribution is 0.0696. The van der Waals surface area contributed by atoms with Crippen molar-refractivity contribution in [2.75, 3.05) is 36.0 Å². The van der Waals surface area contributed by atoms with Crippen molar-refractivity contribution in [3.8, 4) is 0 Å². The number of carboxylic acid groups (broad SMARTS) is 1. The van der Waals surface area contributed by atoms with E-state index in [1.54, 1.807) is 23.5 Å². The van der Waals surface area contributed by atoms with Gasteiger partial charge in [-0.1, -0.05) is 11.3 Å². The van der Waals surface area contributed by atoms with Gasteiger partial charge in [-0.2, -0.15) is 0 Å². The van der Waals surface area contributed by atoms with Gasteiger partial charge in [0, 0.05) is 32.4 Å². The first-order chi connectivity index (χ1) is 10.1. The summed E-state index contributed by atoms with van der Waals surface area (Å²) in [6.45, 7) is 5.33. The van der Waals surface area contributed by atoms with E-state index in [1.807, 2.05) is 6.92 Å². The van der Waals surface area contributed by atoms with E-state index in [0.29, 0.717) is 0 Å². The molecular weight excluding hydrogens is 290 g/mol. The summed E-state index contributed by atoms with van der Waals surface area (Å²) >= 11 is 1.60. The van der Waals surface area contributed by atoms with Crippen LogP contribution in [0.15, 0.2) is 18.3 Å². The molecule has 0 aromatic carbocycles. The lowest BCUT2D eigenvalue weighted by atomic mass is 10.2. The van der Waals surface area contributed by atoms with E-state index < -0.39 is 5.97 Å². The Morgan fingerprint density at radius 2 is 1.90 bits per heavy atom. The fourth-order valence-electron chi connectivity index (χ4n) is 2.24. The van der Waals surface area contributed by atoms with Crippen LogP contribution in [0.1, 0.15) is 15.4 Å². The highest BCUT2D eigenvalue weighted by Crippen LogP contribution is 2.22. The molecule has 0 amide bonds. The van der Waals surface area contributed by atoms with Crippen molar-refractivity contribution in [3.05, 3.63) is 28.9 Å². The molecule has 0 aliphatic carbocycles. The Bertz CT molecular complexity index is 634. The first-order valence-corrected chi connectivity index (χ1v) is 7.44. The Balaban J connectivity index is 1.64. The third-order valence-corrected chi connectivity index (χ3v) is 4.28. The van der Waals surface area contributed by atoms with Crippen molar-refractivity contribution in [2.45, 2.75) is 6.92 Å². The van der Waals surface area contributed by atoms with Gasteiger partial charge < -0.3 is 14.9 Å². The number of pyridine rings is 1. The van der Waals surface area contributed by atoms with Gasteiger partial charge in [-0.25, -0.2) is 9.78 Å². The van der Waals surface area contributed by atoms with Crippen LogP contribution < -0.4 is 9.80 Å². The van der Waals surface area contributed by atoms with Crippen molar-refractivity contribution >= 4 is 28.3 Å². The molecule has 8 heteroatoms. The van der Waals surface area contributed by atoms with Gasteiger partial charge in [0.05, 0.1) is 5.56 Å². The SMILES string of the molecule is Cc1nnc(N2CCN(c3ccc(C(=O)O)cn3)CC2)s1. The Labute approximate surface area is 125 Å². The van der Waals surface area contributed by atoms with E-state index >= 15 is 0 Å². The van der Waals surface area contributed by atoms with E-state index in [9.17, 15) is 4.79 Å². The zero-order valence-corrected chi connectivity index (χ0v) is 12.4. The van der Waals surface area contributed by atoms with Crippen LogP contribution in [0.5, 0.6) is 0 Å². The van der Waals surface area contributed by atoms with Crippen molar-refractivity contribution in [1.29, 1.82) is 0 Å². The van der Waals surface area contributed by atoms with Crippen LogP contribution in [-0.4, -0.2) is 52.4 Å². The molecule has 7 nitrogen and oxygen atoms in total. The molecule has 2 aromatic rings. The van der Waals surface area contributed by atoms with Gasteiger partial charge in [0.15, 0.2) is 0 Å². The number of carbonyl (C=O) groups is 1. The summed E-state index contributed by atoms with van der Waals surface area (Å²) in [5, 5.41) is 19.0. The fraction of sp³-hybridized carbons (Fsp3) is 0.385. The van der Waals surface area contributed by atoms with Gasteiger partial charge in [0.25, 0.3) is 0 Å². The molecule has 2 aromatic heterocycles. The number of nitrogens with zero attached hydrogens (tertiary/aromatic N) is 5. The van der Waals surface area contributed by atoms with Gasteiger partial charge in [0.2, 0.25) is 5.13 Å². The van der Waals surface area contributed by atoms with Crippen molar-refractivity contribution in [1.82, 2.24) is 15.2 Å². The molecule has 3 rings (SSSR count). The number of carboxylic acids is 1. The molecule has 0 bridgehead atoms. The molecule has 21 heavy (non-hydrogen) atoms. The normalized spacial score (nSPS) is 15.3. The first kappa shape index (κ1) is 13.7. The minimum Gasteiger partial charge on any atom is -0.478 e. The lowest BCUT2D eigenvalue weighted by Gasteiger charge is -2.35. The van der Waals surface area contributed by atoms with Crippen LogP contribution in [0.25, 0.3) is 0 Å². The maximum Gasteiger partial charge on any atom is 0.337 e. The van der Waals surface area contributed by atoms with Crippen LogP contribution in [0.3, 0.4) is 0 Å². The van der Waals surface area contributed by atoms with Gasteiger partial charge in [-0.3, -0.25) is 0 Å². The smallest absolute Gasteiger partial charge is 0.337 e. The zero-order chi connectivity index (χ0) is 14.8. The minimum atomic E-state index is -0.953. The molecule has 0 spiro atoms. The van der Waals surface area contributed by atoms with E-state index in [1.165, 1.54) is 6.20 Å². The first-order valence-electron chi connectivity index (χ1n) is 6.63. The summed E-state index contributed by atoms with van der Waals surface area (Å²) in [6.07, 6.45) is 1.40. The molecule has 0 saturated carbocycles. The van der Waals surface area contributed by atoms with Crippen LogP contribution in [0, 0.1) is 6.92 Å². The Kier molecular flexibility index (Phi) is 3.70. The molecule has 1 N–H and O–H groups in total. The summed E-state index contributed by atoms with van der Waals surface area (Å²) in [5.41, 5.74) is 0.210. The average Bonchev–Trinajstić information content (AvgIpc) is 2.94. The van der Waals surface area contributed by atoms with E-state index in [-0.39, 0.29) is 5.56 Å². The molecule has 3 heterocycles. The molecule has 1 aliphatic rings. The number of anilines is 2. The number of aryl methyl sites for hydroxylation is 1. The number of hydrogen-bond donors (Lipinski definition) is 1. The number of hydrogen-bond acceptors (Lipinski definition) is 7. The second kappa shape index (κ2) is 5.65. The number of piperazine rings is 1. The quantitative estimate of drug-likeness (QED) is 0.914. The highest BCUT2D eigenvalue weighted by Gasteiger charge is 2.20. The summed E-state index contributed by atoms with van der Waals surface area (Å²) in [5.74, 6) is -0.140. The minimum absolute atomic E-state index is 0.210. The highest BCUT2D eigenvalue weighted by atomic mass is 32.1. The topological polar surface area (TPSA) is 82.5 Å². The van der Waals surface area contributed by atoms with Crippen LogP contribution in [0.4, 0.5) is 10.9 Å². The molecular formula is C13H15N5O2S. The van der Waals surface area contributed by atoms with Gasteiger partial charge in [-0.15, -0.1) is 10.2 Å². The van der Waals surface area contributed by atoms with Crippen LogP contribution in [-0.2, 0) is 0 Å². The molecule has 0 atom stereocenters. The Morgan fingerprint density at radius 3 is 2.43 bits per heavy atom. The van der Waals surface area contributed by atoms with E-state index in [0.717, 1.165) is 42.1 Å². The third-order valence-electron chi connectivity index (χ3n) is 3.38. The Hall–Kier alpha value is -2.22. The van der Waals surface area contributed by atoms with Crippen molar-refractivity contribution in [3.63, 3.8) is 0 Å². The number of rotatable bonds is 3. The monoisotopic (exact) mass is 305 g/mol. The van der Waals surface area contributed by atoms with Crippen molar-refractivity contribution < 1.29 is 9.90 Å². The summed E-state index contributed by atoms with van der Waals surface area (Å²) in [7, 11) is 0. The van der Waals surface area contributed by atoms with Crippen LogP contribution in [0.2, 0.25) is 0 Å². The molecule has 1 saturated heterocycles. The van der Waals surface area contributed by atoms with Crippen molar-refractivity contribution in [2.24, 2.45) is 0 Å². The standard InChI is InChI=1S/C13H15N5O2S/c1-9-15-16-13(21-9)18-6-4-17(5-7-18)11-3-2-10(8-14-11)12(19)20/h2-3,8H,4-7H2,1H3,(H,19,20). The third kappa shape index (κ3) is 2.94. The number of aromatic carboxylic acids is 1. The predicted octanol–water partition coefficient (Wildman–Crippen LogP) is 1.27. The molecule has 0 unspecified atom stereocenters. The summed E-state index contributed by atoms with van der Waals surface area (Å²) in [6, 6.07) is 3.35. The fourth-order valence-corrected chi connectivity index (χ4v) is 2.98. The number of aromatic nitrogens is 3. The highest BCUT2D eigenvalue weighted by molar-refractivity contribution is 7.15. The lowest BCUT2D eigenvalue weighted by Crippen LogP contribution is -2.46. The molecule has 110 valence electrons. The van der Waals surface area contributed by atoms with Gasteiger partial charge >= 0.3 is 5.97 Å².